The zero-order chi connectivity index (χ0) is 26.1. The fourth-order valence-corrected chi connectivity index (χ4v) is 5.28. The van der Waals surface area contributed by atoms with Crippen LogP contribution >= 0.6 is 0 Å². The summed E-state index contributed by atoms with van der Waals surface area (Å²) >= 11 is 0. The quantitative estimate of drug-likeness (QED) is 0.531. The first-order valence-corrected chi connectivity index (χ1v) is 13.0. The molecule has 3 aliphatic rings. The molecule has 198 valence electrons. The number of nitrogens with one attached hydrogen (secondary N) is 2. The second-order valence-corrected chi connectivity index (χ2v) is 9.76. The number of carbonyl (C=O) groups excluding carboxylic acids is 2. The van der Waals surface area contributed by atoms with E-state index >= 15 is 0 Å². The van der Waals surface area contributed by atoms with E-state index in [4.69, 9.17) is 14.5 Å². The van der Waals surface area contributed by atoms with Crippen LogP contribution in [-0.2, 0) is 9.47 Å². The summed E-state index contributed by atoms with van der Waals surface area (Å²) in [6.45, 7) is 5.86. The zero-order valence-corrected chi connectivity index (χ0v) is 21.3. The Morgan fingerprint density at radius 2 is 1.92 bits per heavy atom. The van der Waals surface area contributed by atoms with Crippen LogP contribution in [0.15, 0.2) is 48.7 Å². The van der Waals surface area contributed by atoms with Crippen molar-refractivity contribution in [3.8, 4) is 0 Å². The SMILES string of the molecule is CCOC(=O)N1CC=C(c2cccn3nc(Nc4ccc(C(=O)N5CC6COCC(C5)N6)cc4)nc23)CC1. The summed E-state index contributed by atoms with van der Waals surface area (Å²) in [5, 5.41) is 11.3. The first-order chi connectivity index (χ1) is 18.6. The van der Waals surface area contributed by atoms with Gasteiger partial charge in [-0.3, -0.25) is 4.79 Å². The lowest BCUT2D eigenvalue weighted by Crippen LogP contribution is -2.63. The molecular weight excluding hydrogens is 486 g/mol. The number of anilines is 2. The molecule has 2 unspecified atom stereocenters. The van der Waals surface area contributed by atoms with Gasteiger partial charge in [-0.25, -0.2) is 9.31 Å². The van der Waals surface area contributed by atoms with Crippen molar-refractivity contribution in [2.24, 2.45) is 0 Å². The smallest absolute Gasteiger partial charge is 0.410 e. The summed E-state index contributed by atoms with van der Waals surface area (Å²) in [6.07, 6.45) is 4.34. The van der Waals surface area contributed by atoms with Gasteiger partial charge in [0.15, 0.2) is 5.65 Å². The Morgan fingerprint density at radius 1 is 1.13 bits per heavy atom. The van der Waals surface area contributed by atoms with E-state index in [2.05, 4.69) is 15.7 Å². The first kappa shape index (κ1) is 24.4. The Labute approximate surface area is 220 Å². The van der Waals surface area contributed by atoms with Crippen molar-refractivity contribution < 1.29 is 19.1 Å². The molecule has 11 heteroatoms. The van der Waals surface area contributed by atoms with Crippen LogP contribution in [0.4, 0.5) is 16.4 Å². The van der Waals surface area contributed by atoms with Crippen LogP contribution in [0.5, 0.6) is 0 Å². The van der Waals surface area contributed by atoms with Gasteiger partial charge in [0, 0.05) is 61.3 Å². The van der Waals surface area contributed by atoms with Crippen LogP contribution in [-0.4, -0.2) is 94.5 Å². The molecule has 2 fully saturated rings. The summed E-state index contributed by atoms with van der Waals surface area (Å²) < 4.78 is 12.4. The van der Waals surface area contributed by atoms with E-state index in [1.807, 2.05) is 60.5 Å². The van der Waals surface area contributed by atoms with Gasteiger partial charge in [-0.05, 0) is 55.3 Å². The van der Waals surface area contributed by atoms with Crippen molar-refractivity contribution in [3.63, 3.8) is 0 Å². The molecule has 2 atom stereocenters. The largest absolute Gasteiger partial charge is 0.450 e. The van der Waals surface area contributed by atoms with Crippen LogP contribution in [0, 0.1) is 0 Å². The van der Waals surface area contributed by atoms with Gasteiger partial charge in [-0.2, -0.15) is 4.98 Å². The maximum atomic E-state index is 13.1. The zero-order valence-electron chi connectivity index (χ0n) is 21.3. The van der Waals surface area contributed by atoms with Crippen molar-refractivity contribution in [1.82, 2.24) is 29.7 Å². The van der Waals surface area contributed by atoms with E-state index in [1.165, 1.54) is 0 Å². The van der Waals surface area contributed by atoms with Crippen molar-refractivity contribution >= 4 is 34.9 Å². The number of pyridine rings is 1. The summed E-state index contributed by atoms with van der Waals surface area (Å²) in [5.41, 5.74) is 4.31. The van der Waals surface area contributed by atoms with E-state index in [1.54, 1.807) is 9.42 Å². The molecular formula is C27H31N7O4. The Kier molecular flexibility index (Phi) is 6.69. The van der Waals surface area contributed by atoms with Gasteiger partial charge in [0.25, 0.3) is 5.91 Å². The lowest BCUT2D eigenvalue weighted by Gasteiger charge is -2.42. The number of piperazine rings is 1. The Morgan fingerprint density at radius 3 is 2.63 bits per heavy atom. The number of fused-ring (bicyclic) bond motifs is 3. The second-order valence-electron chi connectivity index (χ2n) is 9.76. The van der Waals surface area contributed by atoms with Gasteiger partial charge in [0.2, 0.25) is 5.95 Å². The average Bonchev–Trinajstić information content (AvgIpc) is 3.35. The number of hydrogen-bond acceptors (Lipinski definition) is 8. The summed E-state index contributed by atoms with van der Waals surface area (Å²) in [7, 11) is 0. The van der Waals surface area contributed by atoms with Crippen molar-refractivity contribution in [2.45, 2.75) is 25.4 Å². The van der Waals surface area contributed by atoms with Gasteiger partial charge >= 0.3 is 6.09 Å². The number of benzene rings is 1. The van der Waals surface area contributed by atoms with E-state index in [0.717, 1.165) is 22.5 Å². The molecule has 0 spiro atoms. The molecule has 0 radical (unpaired) electrons. The average molecular weight is 518 g/mol. The minimum atomic E-state index is -0.284. The summed E-state index contributed by atoms with van der Waals surface area (Å²) in [5.74, 6) is 0.503. The highest BCUT2D eigenvalue weighted by atomic mass is 16.6. The maximum absolute atomic E-state index is 13.1. The van der Waals surface area contributed by atoms with Gasteiger partial charge in [-0.1, -0.05) is 6.08 Å². The van der Waals surface area contributed by atoms with Crippen molar-refractivity contribution in [2.75, 3.05) is 51.3 Å². The monoisotopic (exact) mass is 517 g/mol. The molecule has 2 aromatic heterocycles. The van der Waals surface area contributed by atoms with Crippen molar-refractivity contribution in [1.29, 1.82) is 0 Å². The van der Waals surface area contributed by atoms with Crippen molar-refractivity contribution in [3.05, 3.63) is 59.8 Å². The molecule has 11 nitrogen and oxygen atoms in total. The Bertz CT molecular complexity index is 1360. The van der Waals surface area contributed by atoms with Gasteiger partial charge in [0.1, 0.15) is 0 Å². The summed E-state index contributed by atoms with van der Waals surface area (Å²) in [4.78, 5) is 33.4. The third kappa shape index (κ3) is 4.94. The number of hydrogen-bond donors (Lipinski definition) is 2. The number of amides is 2. The molecule has 3 aliphatic heterocycles. The second kappa shape index (κ2) is 10.4. The van der Waals surface area contributed by atoms with Crippen LogP contribution in [0.2, 0.25) is 0 Å². The molecule has 0 saturated carbocycles. The van der Waals surface area contributed by atoms with Gasteiger partial charge in [-0.15, -0.1) is 5.10 Å². The predicted molar refractivity (Wildman–Crippen MR) is 141 cm³/mol. The highest BCUT2D eigenvalue weighted by molar-refractivity contribution is 5.94. The first-order valence-electron chi connectivity index (χ1n) is 13.0. The molecule has 5 heterocycles. The van der Waals surface area contributed by atoms with Crippen LogP contribution in [0.1, 0.15) is 29.3 Å². The third-order valence-corrected chi connectivity index (χ3v) is 7.11. The van der Waals surface area contributed by atoms with Crippen LogP contribution in [0.25, 0.3) is 11.2 Å². The number of aromatic nitrogens is 3. The molecule has 38 heavy (non-hydrogen) atoms. The highest BCUT2D eigenvalue weighted by Gasteiger charge is 2.33. The van der Waals surface area contributed by atoms with Gasteiger partial charge < -0.3 is 29.9 Å². The molecule has 1 aromatic carbocycles. The number of carbonyl (C=O) groups is 2. The number of morpholine rings is 1. The molecule has 3 aromatic rings. The number of ether oxygens (including phenoxy) is 2. The predicted octanol–water partition coefficient (Wildman–Crippen LogP) is 2.53. The maximum Gasteiger partial charge on any atom is 0.410 e. The van der Waals surface area contributed by atoms with E-state index < -0.39 is 0 Å². The van der Waals surface area contributed by atoms with Crippen LogP contribution in [0.3, 0.4) is 0 Å². The Hall–Kier alpha value is -3.96. The third-order valence-electron chi connectivity index (χ3n) is 7.11. The number of nitrogens with zero attached hydrogens (tertiary/aromatic N) is 5. The molecule has 6 rings (SSSR count). The van der Waals surface area contributed by atoms with Gasteiger partial charge in [0.05, 0.1) is 19.8 Å². The fourth-order valence-electron chi connectivity index (χ4n) is 5.28. The standard InChI is InChI=1S/C27H31N7O4/c1-2-38-27(36)32-12-9-18(10-13-32)23-4-3-11-34-24(23)30-26(31-34)29-20-7-5-19(6-8-20)25(35)33-14-21-16-37-17-22(15-33)28-21/h3-9,11,21-22,28H,2,10,12-17H2,1H3,(H,29,31). The van der Waals surface area contributed by atoms with Crippen LogP contribution < -0.4 is 10.6 Å². The molecule has 2 amide bonds. The topological polar surface area (TPSA) is 113 Å². The Balaban J connectivity index is 1.14. The molecule has 0 aliphatic carbocycles. The lowest BCUT2D eigenvalue weighted by atomic mass is 10.0. The van der Waals surface area contributed by atoms with E-state index in [-0.39, 0.29) is 24.1 Å². The minimum Gasteiger partial charge on any atom is -0.450 e. The van der Waals surface area contributed by atoms with E-state index in [0.29, 0.717) is 63.9 Å². The van der Waals surface area contributed by atoms with E-state index in [9.17, 15) is 9.59 Å². The lowest BCUT2D eigenvalue weighted by molar-refractivity contribution is -0.00329. The molecule has 2 N–H and O–H groups in total. The normalized spacial score (nSPS) is 21.2. The minimum absolute atomic E-state index is 0.0349. The number of rotatable bonds is 5. The summed E-state index contributed by atoms with van der Waals surface area (Å²) in [6, 6.07) is 11.8. The molecule has 2 saturated heterocycles. The fraction of sp³-hybridized carbons (Fsp3) is 0.407. The highest BCUT2D eigenvalue weighted by Crippen LogP contribution is 2.27. The molecule has 2 bridgehead atoms.